The molecule has 0 radical (unpaired) electrons. The molecular formula is C17H20N2O4S. The number of benzene rings is 2. The van der Waals surface area contributed by atoms with Crippen LogP contribution in [0, 0.1) is 0 Å². The summed E-state index contributed by atoms with van der Waals surface area (Å²) >= 11 is 0. The average molecular weight is 348 g/mol. The van der Waals surface area contributed by atoms with Gasteiger partial charge in [0.05, 0.1) is 17.2 Å². The zero-order valence-electron chi connectivity index (χ0n) is 13.6. The highest BCUT2D eigenvalue weighted by atomic mass is 32.2. The highest BCUT2D eigenvalue weighted by molar-refractivity contribution is 7.92. The highest BCUT2D eigenvalue weighted by Gasteiger charge is 2.21. The van der Waals surface area contributed by atoms with Gasteiger partial charge < -0.3 is 10.1 Å². The van der Waals surface area contributed by atoms with Crippen LogP contribution in [0.25, 0.3) is 0 Å². The lowest BCUT2D eigenvalue weighted by Crippen LogP contribution is -2.28. The standard InChI is InChI=1S/C17H20N2O4S/c1-19(24(21,22)16-9-4-3-5-10-16)15-8-6-7-14(13-15)17(20)18-11-12-23-2/h3-10,13H,11-12H2,1-2H3,(H,18,20). The molecule has 2 aromatic carbocycles. The molecule has 1 amide bonds. The number of nitrogens with one attached hydrogen (secondary N) is 1. The second-order valence-electron chi connectivity index (χ2n) is 5.08. The fraction of sp³-hybridized carbons (Fsp3) is 0.235. The maximum Gasteiger partial charge on any atom is 0.264 e. The monoisotopic (exact) mass is 348 g/mol. The molecule has 0 aliphatic carbocycles. The Balaban J connectivity index is 2.23. The number of ether oxygens (including phenoxy) is 1. The first-order chi connectivity index (χ1) is 11.5. The first kappa shape index (κ1) is 18.0. The number of methoxy groups -OCH3 is 1. The minimum Gasteiger partial charge on any atom is -0.383 e. The molecule has 0 fully saturated rings. The number of amides is 1. The van der Waals surface area contributed by atoms with Crippen LogP contribution in [0.15, 0.2) is 59.5 Å². The van der Waals surface area contributed by atoms with E-state index in [0.29, 0.717) is 24.4 Å². The summed E-state index contributed by atoms with van der Waals surface area (Å²) in [6, 6.07) is 14.6. The number of sulfonamides is 1. The Morgan fingerprint density at radius 3 is 2.50 bits per heavy atom. The molecule has 0 unspecified atom stereocenters. The van der Waals surface area contributed by atoms with Crippen LogP contribution in [0.2, 0.25) is 0 Å². The summed E-state index contributed by atoms with van der Waals surface area (Å²) in [6.07, 6.45) is 0. The maximum atomic E-state index is 12.6. The fourth-order valence-electron chi connectivity index (χ4n) is 2.10. The van der Waals surface area contributed by atoms with Crippen molar-refractivity contribution in [2.45, 2.75) is 4.90 Å². The minimum atomic E-state index is -3.67. The smallest absolute Gasteiger partial charge is 0.264 e. The second-order valence-corrected chi connectivity index (χ2v) is 7.05. The normalized spacial score (nSPS) is 11.1. The van der Waals surface area contributed by atoms with Gasteiger partial charge in [-0.05, 0) is 30.3 Å². The zero-order chi connectivity index (χ0) is 17.6. The summed E-state index contributed by atoms with van der Waals surface area (Å²) in [6.45, 7) is 0.797. The van der Waals surface area contributed by atoms with Crippen LogP contribution in [0.4, 0.5) is 5.69 Å². The first-order valence-electron chi connectivity index (χ1n) is 7.38. The Labute approximate surface area is 142 Å². The van der Waals surface area contributed by atoms with Crippen molar-refractivity contribution in [2.75, 3.05) is 31.6 Å². The third-order valence-electron chi connectivity index (χ3n) is 3.47. The largest absolute Gasteiger partial charge is 0.383 e. The van der Waals surface area contributed by atoms with E-state index in [0.717, 1.165) is 4.31 Å². The molecule has 0 bridgehead atoms. The Morgan fingerprint density at radius 2 is 1.83 bits per heavy atom. The van der Waals surface area contributed by atoms with Crippen LogP contribution < -0.4 is 9.62 Å². The zero-order valence-corrected chi connectivity index (χ0v) is 14.4. The Kier molecular flexibility index (Phi) is 5.94. The molecule has 0 heterocycles. The molecule has 0 atom stereocenters. The summed E-state index contributed by atoms with van der Waals surface area (Å²) in [5.74, 6) is -0.278. The maximum absolute atomic E-state index is 12.6. The first-order valence-corrected chi connectivity index (χ1v) is 8.82. The van der Waals surface area contributed by atoms with E-state index in [2.05, 4.69) is 5.32 Å². The Hall–Kier alpha value is -2.38. The summed E-state index contributed by atoms with van der Waals surface area (Å²) in [5.41, 5.74) is 0.803. The summed E-state index contributed by atoms with van der Waals surface area (Å²) in [4.78, 5) is 12.3. The lowest BCUT2D eigenvalue weighted by Gasteiger charge is -2.20. The van der Waals surface area contributed by atoms with Crippen molar-refractivity contribution in [3.05, 3.63) is 60.2 Å². The van der Waals surface area contributed by atoms with Gasteiger partial charge in [-0.25, -0.2) is 8.42 Å². The van der Waals surface area contributed by atoms with Crippen molar-refractivity contribution < 1.29 is 17.9 Å². The molecule has 6 nitrogen and oxygen atoms in total. The van der Waals surface area contributed by atoms with Crippen LogP contribution >= 0.6 is 0 Å². The van der Waals surface area contributed by atoms with Crippen molar-refractivity contribution in [1.29, 1.82) is 0 Å². The minimum absolute atomic E-state index is 0.197. The van der Waals surface area contributed by atoms with E-state index in [1.165, 1.54) is 19.2 Å². The third-order valence-corrected chi connectivity index (χ3v) is 5.27. The van der Waals surface area contributed by atoms with Crippen molar-refractivity contribution >= 4 is 21.6 Å². The van der Waals surface area contributed by atoms with Crippen molar-refractivity contribution in [3.63, 3.8) is 0 Å². The summed E-state index contributed by atoms with van der Waals surface area (Å²) in [5, 5.41) is 2.70. The van der Waals surface area contributed by atoms with Crippen LogP contribution in [-0.4, -0.2) is 41.6 Å². The molecule has 128 valence electrons. The number of hydrogen-bond donors (Lipinski definition) is 1. The lowest BCUT2D eigenvalue weighted by atomic mass is 10.2. The molecule has 0 saturated heterocycles. The van der Waals surface area contributed by atoms with E-state index < -0.39 is 10.0 Å². The number of nitrogens with zero attached hydrogens (tertiary/aromatic N) is 1. The average Bonchev–Trinajstić information content (AvgIpc) is 2.62. The lowest BCUT2D eigenvalue weighted by molar-refractivity contribution is 0.0937. The fourth-order valence-corrected chi connectivity index (χ4v) is 3.31. The van der Waals surface area contributed by atoms with Crippen molar-refractivity contribution in [2.24, 2.45) is 0 Å². The predicted octanol–water partition coefficient (Wildman–Crippen LogP) is 1.89. The van der Waals surface area contributed by atoms with Crippen LogP contribution in [-0.2, 0) is 14.8 Å². The van der Waals surface area contributed by atoms with E-state index >= 15 is 0 Å². The molecule has 2 rings (SSSR count). The summed E-state index contributed by atoms with van der Waals surface area (Å²) < 4.78 is 31.3. The Bertz CT molecular complexity index is 791. The summed E-state index contributed by atoms with van der Waals surface area (Å²) in [7, 11) is -0.659. The van der Waals surface area contributed by atoms with Gasteiger partial charge in [0, 0.05) is 26.3 Å². The second kappa shape index (κ2) is 7.94. The topological polar surface area (TPSA) is 75.7 Å². The van der Waals surface area contributed by atoms with E-state index in [1.54, 1.807) is 49.6 Å². The van der Waals surface area contributed by atoms with Gasteiger partial charge in [0.1, 0.15) is 0 Å². The highest BCUT2D eigenvalue weighted by Crippen LogP contribution is 2.22. The Morgan fingerprint density at radius 1 is 1.12 bits per heavy atom. The van der Waals surface area contributed by atoms with E-state index in [1.807, 2.05) is 0 Å². The van der Waals surface area contributed by atoms with E-state index in [-0.39, 0.29) is 10.8 Å². The van der Waals surface area contributed by atoms with Crippen LogP contribution in [0.3, 0.4) is 0 Å². The SMILES string of the molecule is COCCNC(=O)c1cccc(N(C)S(=O)(=O)c2ccccc2)c1. The van der Waals surface area contributed by atoms with Crippen molar-refractivity contribution in [1.82, 2.24) is 5.32 Å². The molecule has 7 heteroatoms. The van der Waals surface area contributed by atoms with Gasteiger partial charge in [0.25, 0.3) is 15.9 Å². The number of carbonyl (C=O) groups excluding carboxylic acids is 1. The van der Waals surface area contributed by atoms with Gasteiger partial charge in [-0.1, -0.05) is 24.3 Å². The van der Waals surface area contributed by atoms with Crippen LogP contribution in [0.1, 0.15) is 10.4 Å². The molecular weight excluding hydrogens is 328 g/mol. The van der Waals surface area contributed by atoms with Gasteiger partial charge in [-0.15, -0.1) is 0 Å². The predicted molar refractivity (Wildman–Crippen MR) is 92.7 cm³/mol. The molecule has 0 aromatic heterocycles. The molecule has 0 saturated carbocycles. The van der Waals surface area contributed by atoms with E-state index in [9.17, 15) is 13.2 Å². The molecule has 24 heavy (non-hydrogen) atoms. The van der Waals surface area contributed by atoms with Gasteiger partial charge in [-0.3, -0.25) is 9.10 Å². The number of carbonyl (C=O) groups is 1. The molecule has 0 aliphatic heterocycles. The van der Waals surface area contributed by atoms with Crippen molar-refractivity contribution in [3.8, 4) is 0 Å². The van der Waals surface area contributed by atoms with Gasteiger partial charge >= 0.3 is 0 Å². The molecule has 0 aliphatic rings. The van der Waals surface area contributed by atoms with Gasteiger partial charge in [0.2, 0.25) is 0 Å². The molecule has 1 N–H and O–H groups in total. The quantitative estimate of drug-likeness (QED) is 0.775. The molecule has 0 spiro atoms. The third kappa shape index (κ3) is 4.12. The molecule has 2 aromatic rings. The van der Waals surface area contributed by atoms with Gasteiger partial charge in [0.15, 0.2) is 0 Å². The number of rotatable bonds is 7. The number of anilines is 1. The van der Waals surface area contributed by atoms with E-state index in [4.69, 9.17) is 4.74 Å². The van der Waals surface area contributed by atoms with Crippen LogP contribution in [0.5, 0.6) is 0 Å². The van der Waals surface area contributed by atoms with Gasteiger partial charge in [-0.2, -0.15) is 0 Å². The number of hydrogen-bond acceptors (Lipinski definition) is 4.